The molecule has 0 bridgehead atoms. The molecule has 2 aromatic rings. The molecular weight excluding hydrogens is 340 g/mol. The molecular formula is C21H30N4O2. The summed E-state index contributed by atoms with van der Waals surface area (Å²) in [6.07, 6.45) is 6.15. The highest BCUT2D eigenvalue weighted by molar-refractivity contribution is 5.78. The van der Waals surface area contributed by atoms with E-state index in [1.165, 1.54) is 12.8 Å². The van der Waals surface area contributed by atoms with E-state index in [0.29, 0.717) is 0 Å². The topological polar surface area (TPSA) is 69.0 Å². The number of benzene rings is 1. The van der Waals surface area contributed by atoms with E-state index in [0.717, 1.165) is 49.4 Å². The van der Waals surface area contributed by atoms with Crippen molar-refractivity contribution < 1.29 is 9.53 Å². The minimum Gasteiger partial charge on any atom is -0.358 e. The molecule has 6 nitrogen and oxygen atoms in total. The fourth-order valence-corrected chi connectivity index (χ4v) is 3.42. The molecule has 0 unspecified atom stereocenters. The summed E-state index contributed by atoms with van der Waals surface area (Å²) in [5, 5.41) is 7.84. The van der Waals surface area contributed by atoms with Gasteiger partial charge in [-0.25, -0.2) is 9.67 Å². The molecule has 0 aliphatic carbocycles. The molecule has 0 radical (unpaired) electrons. The maximum atomic E-state index is 12.0. The molecule has 1 aliphatic heterocycles. The van der Waals surface area contributed by atoms with Crippen LogP contribution in [-0.2, 0) is 22.5 Å². The van der Waals surface area contributed by atoms with Crippen LogP contribution in [0.5, 0.6) is 0 Å². The number of nitrogens with zero attached hydrogens (tertiary/aromatic N) is 3. The summed E-state index contributed by atoms with van der Waals surface area (Å²) in [5.41, 5.74) is 1.02. The third kappa shape index (κ3) is 4.95. The molecule has 146 valence electrons. The lowest BCUT2D eigenvalue weighted by Gasteiger charge is -2.32. The Balaban J connectivity index is 1.89. The van der Waals surface area contributed by atoms with Gasteiger partial charge < -0.3 is 10.1 Å². The minimum absolute atomic E-state index is 0.0554. The number of rotatable bonds is 9. The van der Waals surface area contributed by atoms with Crippen LogP contribution in [0.4, 0.5) is 0 Å². The van der Waals surface area contributed by atoms with Crippen LogP contribution >= 0.6 is 0 Å². The Morgan fingerprint density at radius 1 is 1.15 bits per heavy atom. The van der Waals surface area contributed by atoms with Gasteiger partial charge in [-0.1, -0.05) is 63.4 Å². The van der Waals surface area contributed by atoms with Gasteiger partial charge in [-0.05, 0) is 18.4 Å². The second-order valence-electron chi connectivity index (χ2n) is 7.11. The van der Waals surface area contributed by atoms with Crippen LogP contribution in [0, 0.1) is 0 Å². The number of morpholine rings is 1. The molecule has 1 amide bonds. The van der Waals surface area contributed by atoms with Crippen LogP contribution in [0.2, 0.25) is 0 Å². The average Bonchev–Trinajstić information content (AvgIpc) is 3.10. The number of aromatic nitrogens is 3. The first-order chi connectivity index (χ1) is 13.2. The Morgan fingerprint density at radius 3 is 2.67 bits per heavy atom. The fraction of sp³-hybridized carbons (Fsp3) is 0.571. The van der Waals surface area contributed by atoms with E-state index >= 15 is 0 Å². The van der Waals surface area contributed by atoms with Crippen LogP contribution in [-0.4, -0.2) is 27.3 Å². The van der Waals surface area contributed by atoms with Gasteiger partial charge >= 0.3 is 0 Å². The maximum Gasteiger partial charge on any atom is 0.246 e. The lowest BCUT2D eigenvalue weighted by Crippen LogP contribution is -2.42. The van der Waals surface area contributed by atoms with Crippen molar-refractivity contribution in [3.8, 4) is 0 Å². The zero-order chi connectivity index (χ0) is 19.1. The average molecular weight is 370 g/mol. The summed E-state index contributed by atoms with van der Waals surface area (Å²) >= 11 is 0. The molecule has 6 heteroatoms. The zero-order valence-corrected chi connectivity index (χ0v) is 16.4. The molecule has 27 heavy (non-hydrogen) atoms. The number of nitrogens with one attached hydrogen (secondary N) is 1. The molecule has 1 saturated heterocycles. The molecule has 0 spiro atoms. The number of unbranched alkanes of at least 4 members (excludes halogenated alkanes) is 3. The van der Waals surface area contributed by atoms with E-state index in [4.69, 9.17) is 14.8 Å². The van der Waals surface area contributed by atoms with Gasteiger partial charge in [0.15, 0.2) is 11.6 Å². The van der Waals surface area contributed by atoms with E-state index < -0.39 is 0 Å². The van der Waals surface area contributed by atoms with Crippen molar-refractivity contribution >= 4 is 5.91 Å². The Bertz CT molecular complexity index is 729. The second kappa shape index (κ2) is 9.65. The standard InChI is InChI=1S/C21H30N4O2/c1-3-5-8-13-17-22-21(25(24-17)14-6-4-2)20-19(23-18(26)15-27-20)16-11-9-7-10-12-16/h7,9-12,19-20H,3-6,8,13-15H2,1-2H3,(H,23,26)/t19-,20+/m1/s1. The monoisotopic (exact) mass is 370 g/mol. The Hall–Kier alpha value is -2.21. The van der Waals surface area contributed by atoms with E-state index in [1.807, 2.05) is 35.0 Å². The second-order valence-corrected chi connectivity index (χ2v) is 7.11. The van der Waals surface area contributed by atoms with Gasteiger partial charge in [0.1, 0.15) is 12.7 Å². The zero-order valence-electron chi connectivity index (χ0n) is 16.4. The number of carbonyl (C=O) groups excluding carboxylic acids is 1. The van der Waals surface area contributed by atoms with Gasteiger partial charge in [0, 0.05) is 13.0 Å². The first-order valence-electron chi connectivity index (χ1n) is 10.1. The summed E-state index contributed by atoms with van der Waals surface area (Å²) in [5.74, 6) is 1.61. The fourth-order valence-electron chi connectivity index (χ4n) is 3.42. The molecule has 1 aromatic heterocycles. The highest BCUT2D eigenvalue weighted by Gasteiger charge is 2.35. The third-order valence-corrected chi connectivity index (χ3v) is 4.90. The van der Waals surface area contributed by atoms with E-state index in [2.05, 4.69) is 19.2 Å². The van der Waals surface area contributed by atoms with Crippen LogP contribution in [0.1, 0.15) is 75.3 Å². The summed E-state index contributed by atoms with van der Waals surface area (Å²) in [4.78, 5) is 16.8. The molecule has 0 saturated carbocycles. The number of amides is 1. The molecule has 2 heterocycles. The van der Waals surface area contributed by atoms with Crippen molar-refractivity contribution in [2.24, 2.45) is 0 Å². The van der Waals surface area contributed by atoms with Crippen LogP contribution < -0.4 is 5.32 Å². The molecule has 1 N–H and O–H groups in total. The molecule has 1 aromatic carbocycles. The van der Waals surface area contributed by atoms with Gasteiger partial charge in [0.25, 0.3) is 0 Å². The van der Waals surface area contributed by atoms with Crippen molar-refractivity contribution in [2.75, 3.05) is 6.61 Å². The molecule has 3 rings (SSSR count). The summed E-state index contributed by atoms with van der Waals surface area (Å²) in [6.45, 7) is 5.24. The minimum atomic E-state index is -0.325. The van der Waals surface area contributed by atoms with E-state index in [1.54, 1.807) is 0 Å². The lowest BCUT2D eigenvalue weighted by atomic mass is 9.99. The van der Waals surface area contributed by atoms with Crippen LogP contribution in [0.15, 0.2) is 30.3 Å². The molecule has 1 fully saturated rings. The van der Waals surface area contributed by atoms with Crippen molar-refractivity contribution in [2.45, 2.75) is 71.1 Å². The SMILES string of the molecule is CCCCCc1nc([C@H]2OCC(=O)N[C@@H]2c2ccccc2)n(CCCC)n1. The normalized spacial score (nSPS) is 19.9. The van der Waals surface area contributed by atoms with Crippen molar-refractivity contribution in [1.82, 2.24) is 20.1 Å². The van der Waals surface area contributed by atoms with Crippen molar-refractivity contribution in [3.05, 3.63) is 47.5 Å². The summed E-state index contributed by atoms with van der Waals surface area (Å²) in [7, 11) is 0. The van der Waals surface area contributed by atoms with Crippen molar-refractivity contribution in [1.29, 1.82) is 0 Å². The van der Waals surface area contributed by atoms with Gasteiger partial charge in [-0.3, -0.25) is 4.79 Å². The number of ether oxygens (including phenoxy) is 1. The Morgan fingerprint density at radius 2 is 1.93 bits per heavy atom. The predicted octanol–water partition coefficient (Wildman–Crippen LogP) is 3.74. The quantitative estimate of drug-likeness (QED) is 0.683. The van der Waals surface area contributed by atoms with Crippen LogP contribution in [0.25, 0.3) is 0 Å². The Labute approximate surface area is 161 Å². The van der Waals surface area contributed by atoms with Gasteiger partial charge in [0.2, 0.25) is 5.91 Å². The smallest absolute Gasteiger partial charge is 0.246 e. The Kier molecular flexibility index (Phi) is 6.98. The largest absolute Gasteiger partial charge is 0.358 e. The highest BCUT2D eigenvalue weighted by atomic mass is 16.5. The van der Waals surface area contributed by atoms with Crippen LogP contribution in [0.3, 0.4) is 0 Å². The van der Waals surface area contributed by atoms with E-state index in [9.17, 15) is 4.79 Å². The highest BCUT2D eigenvalue weighted by Crippen LogP contribution is 2.33. The number of hydrogen-bond acceptors (Lipinski definition) is 4. The summed E-state index contributed by atoms with van der Waals surface area (Å²) in [6, 6.07) is 9.71. The first kappa shape index (κ1) is 19.5. The van der Waals surface area contributed by atoms with Gasteiger partial charge in [-0.2, -0.15) is 5.10 Å². The molecule has 2 atom stereocenters. The van der Waals surface area contributed by atoms with E-state index in [-0.39, 0.29) is 24.7 Å². The van der Waals surface area contributed by atoms with Gasteiger partial charge in [0.05, 0.1) is 6.04 Å². The van der Waals surface area contributed by atoms with Crippen molar-refractivity contribution in [3.63, 3.8) is 0 Å². The first-order valence-corrected chi connectivity index (χ1v) is 10.1. The summed E-state index contributed by atoms with van der Waals surface area (Å²) < 4.78 is 7.96. The number of aryl methyl sites for hydroxylation is 2. The molecule has 1 aliphatic rings. The number of carbonyl (C=O) groups is 1. The predicted molar refractivity (Wildman–Crippen MR) is 104 cm³/mol. The third-order valence-electron chi connectivity index (χ3n) is 4.90. The number of hydrogen-bond donors (Lipinski definition) is 1. The maximum absolute atomic E-state index is 12.0. The van der Waals surface area contributed by atoms with Gasteiger partial charge in [-0.15, -0.1) is 0 Å². The lowest BCUT2D eigenvalue weighted by molar-refractivity contribution is -0.138.